The summed E-state index contributed by atoms with van der Waals surface area (Å²) in [6, 6.07) is 11.0. The molecule has 1 aliphatic heterocycles. The van der Waals surface area contributed by atoms with Gasteiger partial charge in [-0.25, -0.2) is 4.99 Å². The van der Waals surface area contributed by atoms with Crippen LogP contribution < -0.4 is 20.9 Å². The van der Waals surface area contributed by atoms with Crippen LogP contribution in [0.1, 0.15) is 34.6 Å². The molecule has 1 aliphatic rings. The average molecular weight is 403 g/mol. The van der Waals surface area contributed by atoms with Gasteiger partial charge in [-0.15, -0.1) is 0 Å². The van der Waals surface area contributed by atoms with Gasteiger partial charge in [0.15, 0.2) is 5.96 Å². The Hall–Kier alpha value is -2.28. The number of carbonyl (C=O) groups excluding carboxylic acids is 1. The predicted octanol–water partition coefficient (Wildman–Crippen LogP) is 1.67. The van der Waals surface area contributed by atoms with E-state index in [0.29, 0.717) is 12.0 Å². The van der Waals surface area contributed by atoms with Crippen LogP contribution >= 0.6 is 0 Å². The summed E-state index contributed by atoms with van der Waals surface area (Å²) in [6.45, 7) is 16.0. The Morgan fingerprint density at radius 1 is 1.10 bits per heavy atom. The molecule has 7 heteroatoms. The highest BCUT2D eigenvalue weighted by atomic mass is 16.2. The number of anilines is 1. The largest absolute Gasteiger partial charge is 0.369 e. The third-order valence-electron chi connectivity index (χ3n) is 4.86. The van der Waals surface area contributed by atoms with Crippen molar-refractivity contribution in [3.8, 4) is 0 Å². The van der Waals surface area contributed by atoms with Gasteiger partial charge in [0.05, 0.1) is 0 Å². The van der Waals surface area contributed by atoms with E-state index in [4.69, 9.17) is 0 Å². The molecule has 0 spiro atoms. The summed E-state index contributed by atoms with van der Waals surface area (Å²) in [7, 11) is 0. The fourth-order valence-corrected chi connectivity index (χ4v) is 3.38. The summed E-state index contributed by atoms with van der Waals surface area (Å²) in [5, 5.41) is 9.54. The predicted molar refractivity (Wildman–Crippen MR) is 122 cm³/mol. The van der Waals surface area contributed by atoms with Crippen LogP contribution in [0.2, 0.25) is 0 Å². The average Bonchev–Trinajstić information content (AvgIpc) is 2.69. The second kappa shape index (κ2) is 11.0. The summed E-state index contributed by atoms with van der Waals surface area (Å²) in [4.78, 5) is 21.4. The third-order valence-corrected chi connectivity index (χ3v) is 4.86. The quantitative estimate of drug-likeness (QED) is 0.478. The van der Waals surface area contributed by atoms with Crippen LogP contribution in [0, 0.1) is 0 Å². The van der Waals surface area contributed by atoms with E-state index in [2.05, 4.69) is 68.0 Å². The maximum absolute atomic E-state index is 12.0. The van der Waals surface area contributed by atoms with Crippen molar-refractivity contribution >= 4 is 17.6 Å². The minimum atomic E-state index is -0.241. The smallest absolute Gasteiger partial charge is 0.242 e. The monoisotopic (exact) mass is 402 g/mol. The van der Waals surface area contributed by atoms with Crippen LogP contribution in [0.4, 0.5) is 5.69 Å². The summed E-state index contributed by atoms with van der Waals surface area (Å²) in [6.07, 6.45) is 0. The normalized spacial score (nSPS) is 17.0. The van der Waals surface area contributed by atoms with E-state index in [1.807, 2.05) is 27.7 Å². The van der Waals surface area contributed by atoms with Gasteiger partial charge in [0.25, 0.3) is 0 Å². The second-order valence-corrected chi connectivity index (χ2v) is 8.58. The SMILES string of the molecule is CCNC(=NCC(=O)NC(C)(C)C)NCC(C)N1CCN(c2ccccc2)CC1. The highest BCUT2D eigenvalue weighted by Crippen LogP contribution is 2.16. The molecule has 1 heterocycles. The zero-order valence-electron chi connectivity index (χ0n) is 18.7. The molecular weight excluding hydrogens is 364 g/mol. The van der Waals surface area contributed by atoms with E-state index < -0.39 is 0 Å². The Morgan fingerprint density at radius 2 is 1.76 bits per heavy atom. The molecule has 3 N–H and O–H groups in total. The molecule has 1 fully saturated rings. The molecule has 0 aliphatic carbocycles. The maximum Gasteiger partial charge on any atom is 0.242 e. The number of amides is 1. The van der Waals surface area contributed by atoms with Crippen LogP contribution in [-0.4, -0.2) is 74.2 Å². The van der Waals surface area contributed by atoms with Gasteiger partial charge in [-0.3, -0.25) is 9.69 Å². The molecule has 1 unspecified atom stereocenters. The number of para-hydroxylation sites is 1. The number of hydrogen-bond acceptors (Lipinski definition) is 4. The summed E-state index contributed by atoms with van der Waals surface area (Å²) >= 11 is 0. The number of hydrogen-bond donors (Lipinski definition) is 3. The molecule has 162 valence electrons. The lowest BCUT2D eigenvalue weighted by atomic mass is 10.1. The Balaban J connectivity index is 1.79. The number of guanidine groups is 1. The van der Waals surface area contributed by atoms with E-state index in [-0.39, 0.29) is 18.0 Å². The lowest BCUT2D eigenvalue weighted by molar-refractivity contribution is -0.121. The number of rotatable bonds is 7. The Bertz CT molecular complexity index is 647. The van der Waals surface area contributed by atoms with Crippen LogP contribution in [0.15, 0.2) is 35.3 Å². The zero-order valence-corrected chi connectivity index (χ0v) is 18.7. The fourth-order valence-electron chi connectivity index (χ4n) is 3.38. The Kier molecular flexibility index (Phi) is 8.76. The first-order valence-corrected chi connectivity index (χ1v) is 10.7. The Morgan fingerprint density at radius 3 is 2.34 bits per heavy atom. The number of nitrogens with zero attached hydrogens (tertiary/aromatic N) is 3. The van der Waals surface area contributed by atoms with E-state index in [1.165, 1.54) is 5.69 Å². The number of aliphatic imine (C=N–C) groups is 1. The minimum absolute atomic E-state index is 0.0696. The van der Waals surface area contributed by atoms with Gasteiger partial charge in [-0.1, -0.05) is 18.2 Å². The molecule has 0 radical (unpaired) electrons. The number of benzene rings is 1. The molecule has 1 saturated heterocycles. The summed E-state index contributed by atoms with van der Waals surface area (Å²) in [5.41, 5.74) is 1.06. The van der Waals surface area contributed by atoms with Crippen molar-refractivity contribution in [3.63, 3.8) is 0 Å². The minimum Gasteiger partial charge on any atom is -0.369 e. The van der Waals surface area contributed by atoms with E-state index >= 15 is 0 Å². The molecule has 0 bridgehead atoms. The number of piperazine rings is 1. The van der Waals surface area contributed by atoms with Crippen molar-refractivity contribution in [2.45, 2.75) is 46.2 Å². The van der Waals surface area contributed by atoms with Crippen LogP contribution in [0.3, 0.4) is 0 Å². The molecule has 1 atom stereocenters. The van der Waals surface area contributed by atoms with Gasteiger partial charge >= 0.3 is 0 Å². The van der Waals surface area contributed by atoms with Gasteiger partial charge < -0.3 is 20.9 Å². The van der Waals surface area contributed by atoms with E-state index in [0.717, 1.165) is 39.3 Å². The molecular formula is C22H38N6O. The molecule has 2 rings (SSSR count). The fraction of sp³-hybridized carbons (Fsp3) is 0.636. The lowest BCUT2D eigenvalue weighted by Gasteiger charge is -2.39. The van der Waals surface area contributed by atoms with Gasteiger partial charge in [-0.2, -0.15) is 0 Å². The van der Waals surface area contributed by atoms with Gasteiger partial charge in [0.2, 0.25) is 5.91 Å². The van der Waals surface area contributed by atoms with Crippen molar-refractivity contribution in [2.24, 2.45) is 4.99 Å². The molecule has 29 heavy (non-hydrogen) atoms. The van der Waals surface area contributed by atoms with Crippen LogP contribution in [0.5, 0.6) is 0 Å². The number of nitrogens with one attached hydrogen (secondary N) is 3. The van der Waals surface area contributed by atoms with E-state index in [9.17, 15) is 4.79 Å². The van der Waals surface area contributed by atoms with Crippen LogP contribution in [0.25, 0.3) is 0 Å². The zero-order chi connectivity index (χ0) is 21.3. The maximum atomic E-state index is 12.0. The standard InChI is InChI=1S/C22H38N6O/c1-6-23-21(25-17-20(29)26-22(3,4)5)24-16-18(2)27-12-14-28(15-13-27)19-10-8-7-9-11-19/h7-11,18H,6,12-17H2,1-5H3,(H,26,29)(H2,23,24,25). The van der Waals surface area contributed by atoms with Crippen LogP contribution in [-0.2, 0) is 4.79 Å². The molecule has 7 nitrogen and oxygen atoms in total. The Labute approximate surface area is 175 Å². The highest BCUT2D eigenvalue weighted by Gasteiger charge is 2.21. The molecule has 1 amide bonds. The van der Waals surface area contributed by atoms with Gasteiger partial charge in [0, 0.05) is 56.5 Å². The second-order valence-electron chi connectivity index (χ2n) is 8.58. The van der Waals surface area contributed by atoms with Crippen molar-refractivity contribution in [1.82, 2.24) is 20.9 Å². The summed E-state index contributed by atoms with van der Waals surface area (Å²) < 4.78 is 0. The number of carbonyl (C=O) groups is 1. The highest BCUT2D eigenvalue weighted by molar-refractivity contribution is 5.85. The van der Waals surface area contributed by atoms with Crippen molar-refractivity contribution in [2.75, 3.05) is 50.7 Å². The molecule has 0 aromatic heterocycles. The van der Waals surface area contributed by atoms with Gasteiger partial charge in [0.1, 0.15) is 6.54 Å². The van der Waals surface area contributed by atoms with Crippen molar-refractivity contribution in [3.05, 3.63) is 30.3 Å². The van der Waals surface area contributed by atoms with Crippen molar-refractivity contribution in [1.29, 1.82) is 0 Å². The first kappa shape index (κ1) is 23.0. The lowest BCUT2D eigenvalue weighted by Crippen LogP contribution is -2.53. The molecule has 1 aromatic rings. The summed E-state index contributed by atoms with van der Waals surface area (Å²) in [5.74, 6) is 0.617. The van der Waals surface area contributed by atoms with Gasteiger partial charge in [-0.05, 0) is 46.8 Å². The first-order chi connectivity index (χ1) is 13.8. The molecule has 1 aromatic carbocycles. The first-order valence-electron chi connectivity index (χ1n) is 10.7. The van der Waals surface area contributed by atoms with Crippen molar-refractivity contribution < 1.29 is 4.79 Å². The van der Waals surface area contributed by atoms with E-state index in [1.54, 1.807) is 0 Å². The topological polar surface area (TPSA) is 72.0 Å². The molecule has 0 saturated carbocycles. The third kappa shape index (κ3) is 8.31.